The van der Waals surface area contributed by atoms with Crippen molar-refractivity contribution in [2.24, 2.45) is 5.73 Å². The van der Waals surface area contributed by atoms with E-state index in [2.05, 4.69) is 9.97 Å². The summed E-state index contributed by atoms with van der Waals surface area (Å²) in [6, 6.07) is 2.01. The molecular weight excluding hydrogens is 178 g/mol. The molecule has 4 heteroatoms. The zero-order chi connectivity index (χ0) is 9.97. The van der Waals surface area contributed by atoms with E-state index in [0.717, 1.165) is 24.2 Å². The molecule has 0 radical (unpaired) electrons. The topological polar surface area (TPSA) is 71.8 Å². The van der Waals surface area contributed by atoms with Crippen LogP contribution in [0, 0.1) is 0 Å². The summed E-state index contributed by atoms with van der Waals surface area (Å²) >= 11 is 0. The van der Waals surface area contributed by atoms with Gasteiger partial charge in [-0.25, -0.2) is 4.79 Å². The Bertz CT molecular complexity index is 368. The second-order valence-electron chi connectivity index (χ2n) is 3.80. The highest BCUT2D eigenvalue weighted by Gasteiger charge is 2.25. The minimum atomic E-state index is -0.221. The number of rotatable bonds is 4. The lowest BCUT2D eigenvalue weighted by Crippen LogP contribution is -2.15. The summed E-state index contributed by atoms with van der Waals surface area (Å²) in [6.07, 6.45) is 4.09. The first-order valence-corrected chi connectivity index (χ1v) is 5.10. The van der Waals surface area contributed by atoms with Crippen LogP contribution in [0.4, 0.5) is 0 Å². The molecular formula is C10H15N3O. The molecule has 4 nitrogen and oxygen atoms in total. The molecule has 1 aromatic rings. The molecule has 1 heterocycles. The van der Waals surface area contributed by atoms with Crippen molar-refractivity contribution >= 4 is 0 Å². The quantitative estimate of drug-likeness (QED) is 0.733. The average Bonchev–Trinajstić information content (AvgIpc) is 2.97. The molecule has 0 unspecified atom stereocenters. The molecule has 0 atom stereocenters. The van der Waals surface area contributed by atoms with Gasteiger partial charge in [0.2, 0.25) is 0 Å². The van der Waals surface area contributed by atoms with E-state index in [-0.39, 0.29) is 5.69 Å². The maximum atomic E-state index is 11.2. The van der Waals surface area contributed by atoms with Crippen molar-refractivity contribution in [1.29, 1.82) is 0 Å². The minimum absolute atomic E-state index is 0.221. The van der Waals surface area contributed by atoms with Crippen LogP contribution in [0.25, 0.3) is 0 Å². The Hall–Kier alpha value is -1.16. The monoisotopic (exact) mass is 193 g/mol. The van der Waals surface area contributed by atoms with Crippen LogP contribution in [-0.4, -0.2) is 16.5 Å². The van der Waals surface area contributed by atoms with Gasteiger partial charge in [-0.15, -0.1) is 0 Å². The van der Waals surface area contributed by atoms with E-state index in [0.29, 0.717) is 12.5 Å². The third-order valence-corrected chi connectivity index (χ3v) is 2.47. The van der Waals surface area contributed by atoms with E-state index in [4.69, 9.17) is 5.73 Å². The molecule has 2 rings (SSSR count). The minimum Gasteiger partial charge on any atom is -0.330 e. The smallest absolute Gasteiger partial charge is 0.330 e. The van der Waals surface area contributed by atoms with Crippen molar-refractivity contribution in [3.63, 3.8) is 0 Å². The van der Waals surface area contributed by atoms with Gasteiger partial charge >= 0.3 is 5.69 Å². The SMILES string of the molecule is NCCCc1cc(C2CC2)nc(=O)[nH]1. The summed E-state index contributed by atoms with van der Waals surface area (Å²) < 4.78 is 0. The van der Waals surface area contributed by atoms with E-state index in [9.17, 15) is 4.79 Å². The van der Waals surface area contributed by atoms with Crippen LogP contribution >= 0.6 is 0 Å². The van der Waals surface area contributed by atoms with Gasteiger partial charge < -0.3 is 10.7 Å². The number of hydrogen-bond donors (Lipinski definition) is 2. The normalized spacial score (nSPS) is 15.8. The fourth-order valence-corrected chi connectivity index (χ4v) is 1.54. The first-order chi connectivity index (χ1) is 6.79. The third-order valence-electron chi connectivity index (χ3n) is 2.47. The zero-order valence-electron chi connectivity index (χ0n) is 8.12. The predicted octanol–water partition coefficient (Wildman–Crippen LogP) is 0.539. The molecule has 3 N–H and O–H groups in total. The lowest BCUT2D eigenvalue weighted by atomic mass is 10.2. The Labute approximate surface area is 82.6 Å². The number of nitrogens with one attached hydrogen (secondary N) is 1. The zero-order valence-corrected chi connectivity index (χ0v) is 8.12. The van der Waals surface area contributed by atoms with Crippen molar-refractivity contribution < 1.29 is 0 Å². The van der Waals surface area contributed by atoms with E-state index in [1.807, 2.05) is 6.07 Å². The molecule has 0 spiro atoms. The molecule has 1 saturated carbocycles. The lowest BCUT2D eigenvalue weighted by Gasteiger charge is -2.01. The van der Waals surface area contributed by atoms with Gasteiger partial charge in [-0.3, -0.25) is 0 Å². The van der Waals surface area contributed by atoms with Crippen LogP contribution in [-0.2, 0) is 6.42 Å². The summed E-state index contributed by atoms with van der Waals surface area (Å²) in [4.78, 5) is 17.9. The standard InChI is InChI=1S/C10H15N3O/c11-5-1-2-8-6-9(7-3-4-7)13-10(14)12-8/h6-7H,1-5,11H2,(H,12,13,14). The van der Waals surface area contributed by atoms with Crippen LogP contribution in [0.2, 0.25) is 0 Å². The van der Waals surface area contributed by atoms with Gasteiger partial charge in [0.25, 0.3) is 0 Å². The molecule has 1 aliphatic rings. The Morgan fingerprint density at radius 1 is 1.57 bits per heavy atom. The molecule has 0 saturated heterocycles. The van der Waals surface area contributed by atoms with Crippen LogP contribution in [0.5, 0.6) is 0 Å². The summed E-state index contributed by atoms with van der Waals surface area (Å²) in [5.74, 6) is 0.536. The number of H-pyrrole nitrogens is 1. The van der Waals surface area contributed by atoms with Crippen molar-refractivity contribution in [3.8, 4) is 0 Å². The first kappa shape index (κ1) is 9.40. The number of nitrogens with two attached hydrogens (primary N) is 1. The van der Waals surface area contributed by atoms with Gasteiger partial charge in [0, 0.05) is 11.6 Å². The number of aryl methyl sites for hydroxylation is 1. The molecule has 0 aliphatic heterocycles. The fraction of sp³-hybridized carbons (Fsp3) is 0.600. The molecule has 0 amide bonds. The highest BCUT2D eigenvalue weighted by atomic mass is 16.1. The van der Waals surface area contributed by atoms with Crippen LogP contribution in [0.3, 0.4) is 0 Å². The van der Waals surface area contributed by atoms with E-state index < -0.39 is 0 Å². The van der Waals surface area contributed by atoms with Crippen LogP contribution in [0.1, 0.15) is 36.6 Å². The first-order valence-electron chi connectivity index (χ1n) is 5.10. The third kappa shape index (κ3) is 2.20. The number of aromatic nitrogens is 2. The molecule has 0 aromatic carbocycles. The highest BCUT2D eigenvalue weighted by Crippen LogP contribution is 2.38. The molecule has 1 aliphatic carbocycles. The molecule has 1 aromatic heterocycles. The predicted molar refractivity (Wildman–Crippen MR) is 54.2 cm³/mol. The molecule has 0 bridgehead atoms. The Morgan fingerprint density at radius 3 is 3.00 bits per heavy atom. The van der Waals surface area contributed by atoms with Crippen molar-refractivity contribution in [3.05, 3.63) is 27.9 Å². The van der Waals surface area contributed by atoms with E-state index in [1.54, 1.807) is 0 Å². The Balaban J connectivity index is 2.18. The van der Waals surface area contributed by atoms with Crippen molar-refractivity contribution in [1.82, 2.24) is 9.97 Å². The average molecular weight is 193 g/mol. The van der Waals surface area contributed by atoms with Crippen molar-refractivity contribution in [2.75, 3.05) is 6.54 Å². The second-order valence-corrected chi connectivity index (χ2v) is 3.80. The van der Waals surface area contributed by atoms with Crippen molar-refractivity contribution in [2.45, 2.75) is 31.6 Å². The van der Waals surface area contributed by atoms with Gasteiger partial charge in [-0.2, -0.15) is 4.98 Å². The van der Waals surface area contributed by atoms with Crippen LogP contribution in [0.15, 0.2) is 10.9 Å². The van der Waals surface area contributed by atoms with Gasteiger partial charge in [-0.1, -0.05) is 0 Å². The lowest BCUT2D eigenvalue weighted by molar-refractivity contribution is 0.788. The summed E-state index contributed by atoms with van der Waals surface area (Å²) in [5.41, 5.74) is 7.12. The van der Waals surface area contributed by atoms with E-state index >= 15 is 0 Å². The summed E-state index contributed by atoms with van der Waals surface area (Å²) in [5, 5.41) is 0. The van der Waals surface area contributed by atoms with Gasteiger partial charge in [0.1, 0.15) is 0 Å². The van der Waals surface area contributed by atoms with Crippen LogP contribution < -0.4 is 11.4 Å². The molecule has 1 fully saturated rings. The maximum Gasteiger partial charge on any atom is 0.345 e. The highest BCUT2D eigenvalue weighted by molar-refractivity contribution is 5.17. The van der Waals surface area contributed by atoms with Gasteiger partial charge in [0.05, 0.1) is 5.69 Å². The fourth-order valence-electron chi connectivity index (χ4n) is 1.54. The summed E-state index contributed by atoms with van der Waals surface area (Å²) in [7, 11) is 0. The van der Waals surface area contributed by atoms with Gasteiger partial charge in [0.15, 0.2) is 0 Å². The largest absolute Gasteiger partial charge is 0.345 e. The Kier molecular flexibility index (Phi) is 2.63. The number of hydrogen-bond acceptors (Lipinski definition) is 3. The number of nitrogens with zero attached hydrogens (tertiary/aromatic N) is 1. The molecule has 14 heavy (non-hydrogen) atoms. The summed E-state index contributed by atoms with van der Waals surface area (Å²) in [6.45, 7) is 0.656. The maximum absolute atomic E-state index is 11.2. The molecule has 76 valence electrons. The van der Waals surface area contributed by atoms with E-state index in [1.165, 1.54) is 12.8 Å². The van der Waals surface area contributed by atoms with Gasteiger partial charge in [-0.05, 0) is 38.3 Å². The Morgan fingerprint density at radius 2 is 2.36 bits per heavy atom. The number of aromatic amines is 1. The second kappa shape index (κ2) is 3.92.